The highest BCUT2D eigenvalue weighted by Crippen LogP contribution is 2.22. The lowest BCUT2D eigenvalue weighted by Crippen LogP contribution is -2.29. The summed E-state index contributed by atoms with van der Waals surface area (Å²) in [6.45, 7) is 0. The Hall–Kier alpha value is -3.32. The Morgan fingerprint density at radius 2 is 1.68 bits per heavy atom. The number of aromatic nitrogens is 1. The largest absolute Gasteiger partial charge is 0.496 e. The number of ether oxygens (including phenoxy) is 2. The van der Waals surface area contributed by atoms with Crippen LogP contribution in [0.5, 0.6) is 11.5 Å². The highest BCUT2D eigenvalue weighted by Gasteiger charge is 2.07. The van der Waals surface area contributed by atoms with Crippen molar-refractivity contribution in [2.45, 2.75) is 0 Å². The highest BCUT2D eigenvalue weighted by atomic mass is 32.1. The first-order valence-corrected chi connectivity index (χ1v) is 9.31. The number of methoxy groups -OCH3 is 2. The molecule has 1 N–H and O–H groups in total. The molecule has 0 aliphatic carbocycles. The maximum Gasteiger partial charge on any atom is 0.268 e. The van der Waals surface area contributed by atoms with Crippen LogP contribution in [0.4, 0.5) is 5.69 Å². The summed E-state index contributed by atoms with van der Waals surface area (Å²) in [4.78, 5) is 25.0. The minimum absolute atomic E-state index is 0.174. The van der Waals surface area contributed by atoms with Gasteiger partial charge < -0.3 is 19.4 Å². The Morgan fingerprint density at radius 1 is 1.04 bits per heavy atom. The first-order valence-electron chi connectivity index (χ1n) is 8.50. The molecule has 28 heavy (non-hydrogen) atoms. The first-order chi connectivity index (χ1) is 13.5. The quantitative estimate of drug-likeness (QED) is 0.713. The van der Waals surface area contributed by atoms with E-state index in [0.29, 0.717) is 26.4 Å². The number of nitrogens with one attached hydrogen (secondary N) is 1. The van der Waals surface area contributed by atoms with Crippen molar-refractivity contribution in [3.05, 3.63) is 73.6 Å². The molecule has 0 atom stereocenters. The summed E-state index contributed by atoms with van der Waals surface area (Å²) in [5, 5.41) is 2.78. The minimum atomic E-state index is -0.342. The highest BCUT2D eigenvalue weighted by molar-refractivity contribution is 7.07. The number of hydrogen-bond acceptors (Lipinski definition) is 5. The predicted octanol–water partition coefficient (Wildman–Crippen LogP) is 1.71. The molecule has 0 saturated heterocycles. The Morgan fingerprint density at radius 3 is 2.39 bits per heavy atom. The van der Waals surface area contributed by atoms with Crippen LogP contribution in [0.25, 0.3) is 12.2 Å². The molecule has 1 aromatic heterocycles. The number of rotatable bonds is 5. The molecule has 3 rings (SSSR count). The molecular weight excluding hydrogens is 376 g/mol. The number of benzene rings is 2. The third kappa shape index (κ3) is 4.15. The van der Waals surface area contributed by atoms with Gasteiger partial charge in [-0.15, -0.1) is 11.3 Å². The monoisotopic (exact) mass is 396 g/mol. The van der Waals surface area contributed by atoms with Gasteiger partial charge in [0.25, 0.3) is 11.5 Å². The van der Waals surface area contributed by atoms with Crippen LogP contribution in [-0.4, -0.2) is 24.7 Å². The summed E-state index contributed by atoms with van der Waals surface area (Å²) in [5.74, 6) is 0.900. The van der Waals surface area contributed by atoms with E-state index in [4.69, 9.17) is 9.47 Å². The van der Waals surface area contributed by atoms with Crippen LogP contribution in [0.3, 0.4) is 0 Å². The van der Waals surface area contributed by atoms with Gasteiger partial charge in [0.1, 0.15) is 16.2 Å². The third-order valence-corrected chi connectivity index (χ3v) is 5.22. The molecule has 3 aromatic rings. The van der Waals surface area contributed by atoms with E-state index in [-0.39, 0.29) is 11.5 Å². The zero-order valence-corrected chi connectivity index (χ0v) is 16.6. The zero-order chi connectivity index (χ0) is 20.1. The van der Waals surface area contributed by atoms with E-state index in [1.165, 1.54) is 29.1 Å². The van der Waals surface area contributed by atoms with Crippen molar-refractivity contribution in [1.82, 2.24) is 4.57 Å². The van der Waals surface area contributed by atoms with Gasteiger partial charge in [-0.25, -0.2) is 0 Å². The van der Waals surface area contributed by atoms with Crippen LogP contribution in [0.15, 0.2) is 53.3 Å². The van der Waals surface area contributed by atoms with Crippen LogP contribution in [0.1, 0.15) is 5.56 Å². The van der Waals surface area contributed by atoms with E-state index in [1.807, 2.05) is 30.3 Å². The van der Waals surface area contributed by atoms with E-state index >= 15 is 0 Å². The van der Waals surface area contributed by atoms with Crippen LogP contribution < -0.4 is 29.5 Å². The van der Waals surface area contributed by atoms with Crippen LogP contribution >= 0.6 is 11.3 Å². The van der Waals surface area contributed by atoms with Crippen LogP contribution in [-0.2, 0) is 11.8 Å². The number of hydrogen-bond donors (Lipinski definition) is 1. The summed E-state index contributed by atoms with van der Waals surface area (Å²) in [5.41, 5.74) is 1.19. The zero-order valence-electron chi connectivity index (χ0n) is 15.8. The van der Waals surface area contributed by atoms with Gasteiger partial charge in [-0.3, -0.25) is 9.59 Å². The molecule has 0 saturated carbocycles. The standard InChI is InChI=1S/C21H20N2O4S/c1-23-20(13-19(24)22-15-9-5-7-11-17(15)27-3)28-18(21(23)25)12-14-8-4-6-10-16(14)26-2/h4-13H,1-3H3,(H,22,24)/b18-12-,20-13-. The molecule has 1 heterocycles. The van der Waals surface area contributed by atoms with Gasteiger partial charge in [0, 0.05) is 18.7 Å². The molecule has 0 spiro atoms. The molecule has 0 aliphatic rings. The summed E-state index contributed by atoms with van der Waals surface area (Å²) in [7, 11) is 4.76. The molecular formula is C21H20N2O4S. The number of thiazole rings is 1. The second-order valence-electron chi connectivity index (χ2n) is 5.89. The van der Waals surface area contributed by atoms with Crippen molar-refractivity contribution in [3.63, 3.8) is 0 Å². The fourth-order valence-electron chi connectivity index (χ4n) is 2.66. The van der Waals surface area contributed by atoms with E-state index in [0.717, 1.165) is 5.56 Å². The number of carbonyl (C=O) groups is 1. The number of amides is 1. The van der Waals surface area contributed by atoms with Crippen molar-refractivity contribution < 1.29 is 14.3 Å². The summed E-state index contributed by atoms with van der Waals surface area (Å²) >= 11 is 1.24. The normalized spacial score (nSPS) is 12.1. The topological polar surface area (TPSA) is 69.6 Å². The van der Waals surface area contributed by atoms with E-state index in [9.17, 15) is 9.59 Å². The van der Waals surface area contributed by atoms with Gasteiger partial charge >= 0.3 is 0 Å². The smallest absolute Gasteiger partial charge is 0.268 e. The molecule has 2 aromatic carbocycles. The number of anilines is 1. The van der Waals surface area contributed by atoms with E-state index in [1.54, 1.807) is 38.4 Å². The van der Waals surface area contributed by atoms with Gasteiger partial charge in [0.2, 0.25) is 0 Å². The molecule has 7 heteroatoms. The lowest BCUT2D eigenvalue weighted by Gasteiger charge is -2.07. The SMILES string of the molecule is COc1ccccc1/C=c1\s/c(=C\C(=O)Nc2ccccc2OC)n(C)c1=O. The van der Waals surface area contributed by atoms with Gasteiger partial charge in [0.15, 0.2) is 0 Å². The van der Waals surface area contributed by atoms with Gasteiger partial charge in [-0.05, 0) is 24.3 Å². The molecule has 0 aliphatic heterocycles. The minimum Gasteiger partial charge on any atom is -0.496 e. The summed E-state index contributed by atoms with van der Waals surface area (Å²) < 4.78 is 13.1. The molecule has 0 fully saturated rings. The van der Waals surface area contributed by atoms with E-state index < -0.39 is 0 Å². The fraction of sp³-hybridized carbons (Fsp3) is 0.143. The van der Waals surface area contributed by atoms with Crippen molar-refractivity contribution in [1.29, 1.82) is 0 Å². The van der Waals surface area contributed by atoms with Crippen LogP contribution in [0.2, 0.25) is 0 Å². The van der Waals surface area contributed by atoms with Crippen molar-refractivity contribution in [2.75, 3.05) is 19.5 Å². The van der Waals surface area contributed by atoms with E-state index in [2.05, 4.69) is 5.32 Å². The second kappa shape index (κ2) is 8.58. The maximum absolute atomic E-state index is 12.6. The average molecular weight is 396 g/mol. The summed E-state index contributed by atoms with van der Waals surface area (Å²) in [6, 6.07) is 14.6. The number of para-hydroxylation sites is 3. The lowest BCUT2D eigenvalue weighted by atomic mass is 10.2. The molecule has 6 nitrogen and oxygen atoms in total. The fourth-order valence-corrected chi connectivity index (χ4v) is 3.68. The van der Waals surface area contributed by atoms with Crippen molar-refractivity contribution >= 4 is 35.1 Å². The number of carbonyl (C=O) groups excluding carboxylic acids is 1. The average Bonchev–Trinajstić information content (AvgIpc) is 2.96. The second-order valence-corrected chi connectivity index (χ2v) is 6.95. The number of nitrogens with zero attached hydrogens (tertiary/aromatic N) is 1. The lowest BCUT2D eigenvalue weighted by molar-refractivity contribution is -0.110. The maximum atomic E-state index is 12.6. The predicted molar refractivity (Wildman–Crippen MR) is 111 cm³/mol. The molecule has 0 unspecified atom stereocenters. The molecule has 0 radical (unpaired) electrons. The van der Waals surface area contributed by atoms with Gasteiger partial charge in [-0.2, -0.15) is 0 Å². The Kier molecular flexibility index (Phi) is 5.96. The molecule has 144 valence electrons. The first kappa shape index (κ1) is 19.4. The Balaban J connectivity index is 1.98. The Bertz CT molecular complexity index is 1180. The van der Waals surface area contributed by atoms with Gasteiger partial charge in [-0.1, -0.05) is 30.3 Å². The summed E-state index contributed by atoms with van der Waals surface area (Å²) in [6.07, 6.45) is 3.17. The van der Waals surface area contributed by atoms with Crippen molar-refractivity contribution in [2.24, 2.45) is 7.05 Å². The molecule has 0 bridgehead atoms. The van der Waals surface area contributed by atoms with Crippen molar-refractivity contribution in [3.8, 4) is 11.5 Å². The van der Waals surface area contributed by atoms with Crippen LogP contribution in [0, 0.1) is 0 Å². The Labute approximate surface area is 166 Å². The molecule has 1 amide bonds. The third-order valence-electron chi connectivity index (χ3n) is 4.11. The van der Waals surface area contributed by atoms with Gasteiger partial charge in [0.05, 0.1) is 24.4 Å².